The van der Waals surface area contributed by atoms with Gasteiger partial charge in [-0.3, -0.25) is 0 Å². The van der Waals surface area contributed by atoms with Gasteiger partial charge in [0.2, 0.25) is 0 Å². The molecular weight excluding hydrogens is 116 g/mol. The molecule has 0 fully saturated rings. The van der Waals surface area contributed by atoms with Gasteiger partial charge in [-0.2, -0.15) is 0 Å². The summed E-state index contributed by atoms with van der Waals surface area (Å²) in [5, 5.41) is 0. The lowest BCUT2D eigenvalue weighted by Gasteiger charge is -1.96. The van der Waals surface area contributed by atoms with Crippen molar-refractivity contribution in [1.82, 2.24) is 0 Å². The second-order valence-electron chi connectivity index (χ2n) is 1.34. The van der Waals surface area contributed by atoms with Crippen LogP contribution in [0.4, 0.5) is 0 Å². The standard InChI is InChI=1S/C7H8O2/c1-4-6(3)7(8)9-5-2/h1H,3,5H2,2H3. The molecule has 0 aromatic carbocycles. The molecule has 0 aliphatic heterocycles. The van der Waals surface area contributed by atoms with E-state index in [0.29, 0.717) is 6.61 Å². The zero-order chi connectivity index (χ0) is 7.28. The third-order valence-electron chi connectivity index (χ3n) is 0.696. The Morgan fingerprint density at radius 3 is 2.78 bits per heavy atom. The first kappa shape index (κ1) is 7.77. The smallest absolute Gasteiger partial charge is 0.346 e. The molecule has 0 aromatic heterocycles. The van der Waals surface area contributed by atoms with E-state index in [-0.39, 0.29) is 5.57 Å². The third kappa shape index (κ3) is 2.55. The van der Waals surface area contributed by atoms with Crippen LogP contribution in [-0.2, 0) is 9.53 Å². The molecule has 2 nitrogen and oxygen atoms in total. The summed E-state index contributed by atoms with van der Waals surface area (Å²) < 4.78 is 4.51. The van der Waals surface area contributed by atoms with Gasteiger partial charge in [-0.05, 0) is 6.92 Å². The highest BCUT2D eigenvalue weighted by Crippen LogP contribution is 1.90. The minimum absolute atomic E-state index is 0.0665. The first-order valence-corrected chi connectivity index (χ1v) is 2.55. The van der Waals surface area contributed by atoms with E-state index in [1.54, 1.807) is 6.92 Å². The molecule has 9 heavy (non-hydrogen) atoms. The molecule has 0 saturated carbocycles. The summed E-state index contributed by atoms with van der Waals surface area (Å²) >= 11 is 0. The van der Waals surface area contributed by atoms with Crippen LogP contribution in [0, 0.1) is 12.3 Å². The van der Waals surface area contributed by atoms with Crippen LogP contribution in [0.3, 0.4) is 0 Å². The van der Waals surface area contributed by atoms with E-state index in [9.17, 15) is 4.79 Å². The molecule has 0 radical (unpaired) electrons. The number of hydrogen-bond acceptors (Lipinski definition) is 2. The fourth-order valence-electron chi connectivity index (χ4n) is 0.277. The Kier molecular flexibility index (Phi) is 3.22. The van der Waals surface area contributed by atoms with E-state index < -0.39 is 5.97 Å². The van der Waals surface area contributed by atoms with E-state index in [0.717, 1.165) is 0 Å². The summed E-state index contributed by atoms with van der Waals surface area (Å²) in [7, 11) is 0. The van der Waals surface area contributed by atoms with Crippen molar-refractivity contribution in [3.05, 3.63) is 12.2 Å². The molecule has 0 unspecified atom stereocenters. The molecule has 2 heteroatoms. The fraction of sp³-hybridized carbons (Fsp3) is 0.286. The van der Waals surface area contributed by atoms with Crippen molar-refractivity contribution in [3.63, 3.8) is 0 Å². The van der Waals surface area contributed by atoms with Crippen molar-refractivity contribution in [3.8, 4) is 12.3 Å². The Hall–Kier alpha value is -1.23. The van der Waals surface area contributed by atoms with Crippen LogP contribution in [0.15, 0.2) is 12.2 Å². The molecule has 48 valence electrons. The number of esters is 1. The first-order valence-electron chi connectivity index (χ1n) is 2.55. The van der Waals surface area contributed by atoms with Crippen molar-refractivity contribution in [2.75, 3.05) is 6.61 Å². The number of hydrogen-bond donors (Lipinski definition) is 0. The van der Waals surface area contributed by atoms with Crippen molar-refractivity contribution in [2.45, 2.75) is 6.92 Å². The normalized spacial score (nSPS) is 7.56. The van der Waals surface area contributed by atoms with Gasteiger partial charge in [0.05, 0.1) is 6.61 Å². The molecule has 0 rings (SSSR count). The minimum atomic E-state index is -0.514. The Morgan fingerprint density at radius 1 is 1.89 bits per heavy atom. The molecular formula is C7H8O2. The van der Waals surface area contributed by atoms with Gasteiger partial charge in [0.15, 0.2) is 0 Å². The van der Waals surface area contributed by atoms with Crippen LogP contribution in [0.2, 0.25) is 0 Å². The van der Waals surface area contributed by atoms with E-state index >= 15 is 0 Å². The molecule has 0 saturated heterocycles. The molecule has 0 heterocycles. The highest BCUT2D eigenvalue weighted by atomic mass is 16.5. The second kappa shape index (κ2) is 3.73. The van der Waals surface area contributed by atoms with E-state index in [1.165, 1.54) is 0 Å². The summed E-state index contributed by atoms with van der Waals surface area (Å²) in [5.41, 5.74) is 0.0665. The number of rotatable bonds is 2. The predicted molar refractivity (Wildman–Crippen MR) is 34.6 cm³/mol. The lowest BCUT2D eigenvalue weighted by molar-refractivity contribution is -0.137. The van der Waals surface area contributed by atoms with Gasteiger partial charge in [-0.25, -0.2) is 4.79 Å². The fourth-order valence-corrected chi connectivity index (χ4v) is 0.277. The Labute approximate surface area is 54.5 Å². The molecule has 0 atom stereocenters. The Morgan fingerprint density at radius 2 is 2.44 bits per heavy atom. The first-order chi connectivity index (χ1) is 4.22. The van der Waals surface area contributed by atoms with Crippen LogP contribution in [0.25, 0.3) is 0 Å². The molecule has 0 bridgehead atoms. The SMILES string of the molecule is C#CC(=C)C(=O)OCC. The van der Waals surface area contributed by atoms with Gasteiger partial charge in [0.1, 0.15) is 5.57 Å². The van der Waals surface area contributed by atoms with E-state index in [1.807, 2.05) is 0 Å². The van der Waals surface area contributed by atoms with Crippen LogP contribution in [0.5, 0.6) is 0 Å². The summed E-state index contributed by atoms with van der Waals surface area (Å²) in [6.07, 6.45) is 4.85. The van der Waals surface area contributed by atoms with Crippen LogP contribution in [-0.4, -0.2) is 12.6 Å². The maximum Gasteiger partial charge on any atom is 0.346 e. The predicted octanol–water partition coefficient (Wildman–Crippen LogP) is 0.739. The largest absolute Gasteiger partial charge is 0.462 e. The topological polar surface area (TPSA) is 26.3 Å². The van der Waals surface area contributed by atoms with Gasteiger partial charge in [-0.15, -0.1) is 6.42 Å². The van der Waals surface area contributed by atoms with Gasteiger partial charge in [0.25, 0.3) is 0 Å². The molecule has 0 aliphatic rings. The van der Waals surface area contributed by atoms with E-state index in [4.69, 9.17) is 6.42 Å². The van der Waals surface area contributed by atoms with Gasteiger partial charge in [-0.1, -0.05) is 12.5 Å². The van der Waals surface area contributed by atoms with Crippen LogP contribution >= 0.6 is 0 Å². The van der Waals surface area contributed by atoms with Crippen LogP contribution < -0.4 is 0 Å². The lowest BCUT2D eigenvalue weighted by Crippen LogP contribution is -2.04. The molecule has 0 aromatic rings. The summed E-state index contributed by atoms with van der Waals surface area (Å²) in [5.74, 6) is 1.57. The van der Waals surface area contributed by atoms with Crippen molar-refractivity contribution in [2.24, 2.45) is 0 Å². The lowest BCUT2D eigenvalue weighted by atomic mass is 10.3. The monoisotopic (exact) mass is 124 g/mol. The number of ether oxygens (including phenoxy) is 1. The van der Waals surface area contributed by atoms with Gasteiger partial charge < -0.3 is 4.74 Å². The maximum absolute atomic E-state index is 10.5. The third-order valence-corrected chi connectivity index (χ3v) is 0.696. The zero-order valence-electron chi connectivity index (χ0n) is 5.31. The quantitative estimate of drug-likeness (QED) is 0.308. The highest BCUT2D eigenvalue weighted by Gasteiger charge is 2.01. The number of carbonyl (C=O) groups is 1. The van der Waals surface area contributed by atoms with Gasteiger partial charge >= 0.3 is 5.97 Å². The molecule has 0 amide bonds. The second-order valence-corrected chi connectivity index (χ2v) is 1.34. The average Bonchev–Trinajstić information content (AvgIpc) is 1.87. The summed E-state index contributed by atoms with van der Waals surface area (Å²) in [4.78, 5) is 10.5. The summed E-state index contributed by atoms with van der Waals surface area (Å²) in [6, 6.07) is 0. The zero-order valence-corrected chi connectivity index (χ0v) is 5.31. The average molecular weight is 124 g/mol. The maximum atomic E-state index is 10.5. The summed E-state index contributed by atoms with van der Waals surface area (Å²) in [6.45, 7) is 5.32. The van der Waals surface area contributed by atoms with Gasteiger partial charge in [0, 0.05) is 0 Å². The minimum Gasteiger partial charge on any atom is -0.462 e. The number of terminal acetylenes is 1. The number of carbonyl (C=O) groups excluding carboxylic acids is 1. The highest BCUT2D eigenvalue weighted by molar-refractivity contribution is 5.92. The van der Waals surface area contributed by atoms with Crippen LogP contribution in [0.1, 0.15) is 6.92 Å². The Balaban J connectivity index is 3.78. The van der Waals surface area contributed by atoms with Crippen molar-refractivity contribution >= 4 is 5.97 Å². The molecule has 0 aliphatic carbocycles. The Bertz CT molecular complexity index is 162. The molecule has 0 N–H and O–H groups in total. The van der Waals surface area contributed by atoms with E-state index in [2.05, 4.69) is 17.2 Å². The van der Waals surface area contributed by atoms with Crippen molar-refractivity contribution in [1.29, 1.82) is 0 Å². The molecule has 0 spiro atoms. The van der Waals surface area contributed by atoms with Crippen molar-refractivity contribution < 1.29 is 9.53 Å².